The number of fused-ring (bicyclic) bond motifs is 3. The van der Waals surface area contributed by atoms with Gasteiger partial charge in [-0.2, -0.15) is 0 Å². The normalized spacial score (nSPS) is 11.3. The summed E-state index contributed by atoms with van der Waals surface area (Å²) in [5.74, 6) is 0.667. The third-order valence-electron chi connectivity index (χ3n) is 7.23. The zero-order valence-electron chi connectivity index (χ0n) is 25.5. The van der Waals surface area contributed by atoms with Crippen LogP contribution in [0.2, 0.25) is 19.6 Å². The van der Waals surface area contributed by atoms with Gasteiger partial charge in [0.25, 0.3) is 0 Å². The number of aryl methyl sites for hydroxylation is 2. The van der Waals surface area contributed by atoms with Crippen LogP contribution >= 0.6 is 0 Å². The van der Waals surface area contributed by atoms with E-state index in [4.69, 9.17) is 4.42 Å². The molecule has 3 heterocycles. The maximum atomic E-state index is 6.08. The Kier molecular flexibility index (Phi) is 9.99. The summed E-state index contributed by atoms with van der Waals surface area (Å²) in [6, 6.07) is 31.2. The molecule has 42 heavy (non-hydrogen) atoms. The SMILES string of the molecule is CC(C)Cc1cc(-c2[c-]cccc2)ncc1[Si](C)(C)C.Cc1ccc(-c2[c-]cc(C)c3c2oc2ccccc23)nc1.[Ir]. The number of para-hydroxylation sites is 1. The van der Waals surface area contributed by atoms with Crippen molar-refractivity contribution in [2.45, 2.75) is 53.8 Å². The Bertz CT molecular complexity index is 1790. The second kappa shape index (κ2) is 13.3. The second-order valence-corrected chi connectivity index (χ2v) is 17.3. The zero-order chi connectivity index (χ0) is 29.1. The molecule has 6 rings (SSSR count). The molecule has 0 N–H and O–H groups in total. The number of furan rings is 1. The molecule has 0 fully saturated rings. The molecule has 0 aliphatic heterocycles. The number of nitrogens with zero attached hydrogens (tertiary/aromatic N) is 2. The molecule has 0 atom stereocenters. The fourth-order valence-electron chi connectivity index (χ4n) is 5.22. The predicted molar refractivity (Wildman–Crippen MR) is 175 cm³/mol. The van der Waals surface area contributed by atoms with Crippen LogP contribution in [-0.2, 0) is 26.5 Å². The van der Waals surface area contributed by atoms with Crippen LogP contribution < -0.4 is 5.19 Å². The molecular weight excluding hydrogens is 709 g/mol. The van der Waals surface area contributed by atoms with E-state index < -0.39 is 8.07 Å². The summed E-state index contributed by atoms with van der Waals surface area (Å²) in [5, 5.41) is 3.79. The van der Waals surface area contributed by atoms with Crippen molar-refractivity contribution in [2.75, 3.05) is 0 Å². The summed E-state index contributed by atoms with van der Waals surface area (Å²) in [4.78, 5) is 9.19. The van der Waals surface area contributed by atoms with Crippen LogP contribution in [0, 0.1) is 31.9 Å². The van der Waals surface area contributed by atoms with Crippen molar-refractivity contribution < 1.29 is 24.5 Å². The molecule has 0 saturated heterocycles. The topological polar surface area (TPSA) is 38.9 Å². The van der Waals surface area contributed by atoms with Crippen LogP contribution in [0.1, 0.15) is 30.5 Å². The van der Waals surface area contributed by atoms with Crippen molar-refractivity contribution in [3.05, 3.63) is 114 Å². The van der Waals surface area contributed by atoms with Gasteiger partial charge in [0.15, 0.2) is 0 Å². The van der Waals surface area contributed by atoms with Crippen molar-refractivity contribution in [2.24, 2.45) is 5.92 Å². The first kappa shape index (κ1) is 31.6. The van der Waals surface area contributed by atoms with Gasteiger partial charge in [-0.15, -0.1) is 53.6 Å². The first-order valence-electron chi connectivity index (χ1n) is 14.3. The molecule has 0 amide bonds. The summed E-state index contributed by atoms with van der Waals surface area (Å²) >= 11 is 0. The fourth-order valence-corrected chi connectivity index (χ4v) is 6.81. The van der Waals surface area contributed by atoms with Crippen LogP contribution in [0.4, 0.5) is 0 Å². The molecule has 3 aromatic carbocycles. The van der Waals surface area contributed by atoms with Crippen molar-refractivity contribution in [3.63, 3.8) is 0 Å². The Morgan fingerprint density at radius 1 is 0.857 bits per heavy atom. The van der Waals surface area contributed by atoms with E-state index in [0.717, 1.165) is 56.4 Å². The Balaban J connectivity index is 0.000000189. The average molecular weight is 747 g/mol. The van der Waals surface area contributed by atoms with Gasteiger partial charge in [-0.25, -0.2) is 0 Å². The van der Waals surface area contributed by atoms with Crippen LogP contribution in [0.3, 0.4) is 0 Å². The molecule has 0 saturated carbocycles. The Morgan fingerprint density at radius 3 is 2.26 bits per heavy atom. The van der Waals surface area contributed by atoms with Gasteiger partial charge in [-0.05, 0) is 47.5 Å². The standard InChI is InChI=1S/C19H14NO.C18H24NSi.Ir/c1-12-7-10-16(20-11-12)14-9-8-13(2)18-15-5-3-4-6-17(15)21-19(14)18;1-14(2)11-16-12-17(15-9-7-6-8-10-15)19-13-18(16)20(3,4)5;/h3-8,10-11H,1-2H3;6-9,12-14H,11H2,1-5H3;/q2*-1;. The molecule has 1 radical (unpaired) electrons. The first-order valence-corrected chi connectivity index (χ1v) is 17.8. The monoisotopic (exact) mass is 747 g/mol. The smallest absolute Gasteiger partial charge is 0.120 e. The number of benzene rings is 3. The van der Waals surface area contributed by atoms with E-state index in [1.54, 1.807) is 0 Å². The number of rotatable bonds is 5. The van der Waals surface area contributed by atoms with Gasteiger partial charge in [0.05, 0.1) is 13.7 Å². The molecule has 6 aromatic rings. The number of hydrogen-bond acceptors (Lipinski definition) is 3. The van der Waals surface area contributed by atoms with Crippen LogP contribution in [0.5, 0.6) is 0 Å². The van der Waals surface area contributed by atoms with Crippen LogP contribution in [-0.4, -0.2) is 18.0 Å². The number of aromatic nitrogens is 2. The minimum Gasteiger partial charge on any atom is -0.501 e. The maximum Gasteiger partial charge on any atom is 0.120 e. The third-order valence-corrected chi connectivity index (χ3v) is 9.29. The summed E-state index contributed by atoms with van der Waals surface area (Å²) in [6.45, 7) is 15.9. The van der Waals surface area contributed by atoms with E-state index in [1.165, 1.54) is 16.3 Å². The van der Waals surface area contributed by atoms with Gasteiger partial charge in [0.1, 0.15) is 5.58 Å². The van der Waals surface area contributed by atoms with E-state index in [1.807, 2.05) is 61.7 Å². The van der Waals surface area contributed by atoms with Gasteiger partial charge in [0, 0.05) is 37.9 Å². The molecule has 0 spiro atoms. The van der Waals surface area contributed by atoms with E-state index in [2.05, 4.69) is 93.0 Å². The molecule has 5 heteroatoms. The largest absolute Gasteiger partial charge is 0.501 e. The zero-order valence-corrected chi connectivity index (χ0v) is 28.9. The van der Waals surface area contributed by atoms with Gasteiger partial charge in [-0.3, -0.25) is 0 Å². The Labute approximate surface area is 264 Å². The number of pyridine rings is 2. The van der Waals surface area contributed by atoms with Crippen molar-refractivity contribution >= 4 is 35.2 Å². The first-order chi connectivity index (χ1) is 19.6. The van der Waals surface area contributed by atoms with Crippen LogP contribution in [0.25, 0.3) is 44.5 Å². The van der Waals surface area contributed by atoms with E-state index in [9.17, 15) is 0 Å². The van der Waals surface area contributed by atoms with Crippen molar-refractivity contribution in [1.29, 1.82) is 0 Å². The minimum atomic E-state index is -1.34. The van der Waals surface area contributed by atoms with Crippen LogP contribution in [0.15, 0.2) is 89.6 Å². The molecule has 0 unspecified atom stereocenters. The molecule has 217 valence electrons. The third kappa shape index (κ3) is 6.98. The molecule has 3 nitrogen and oxygen atoms in total. The van der Waals surface area contributed by atoms with E-state index in [0.29, 0.717) is 5.92 Å². The number of hydrogen-bond donors (Lipinski definition) is 0. The van der Waals surface area contributed by atoms with E-state index >= 15 is 0 Å². The molecular formula is C37H38IrN2OSi-2. The van der Waals surface area contributed by atoms with Crippen molar-refractivity contribution in [1.82, 2.24) is 9.97 Å². The van der Waals surface area contributed by atoms with Crippen molar-refractivity contribution in [3.8, 4) is 22.5 Å². The summed E-state index contributed by atoms with van der Waals surface area (Å²) in [6.07, 6.45) is 5.11. The maximum absolute atomic E-state index is 6.08. The van der Waals surface area contributed by atoms with E-state index in [-0.39, 0.29) is 20.1 Å². The van der Waals surface area contributed by atoms with Gasteiger partial charge >= 0.3 is 0 Å². The quantitative estimate of drug-likeness (QED) is 0.130. The Morgan fingerprint density at radius 2 is 1.60 bits per heavy atom. The second-order valence-electron chi connectivity index (χ2n) is 12.2. The van der Waals surface area contributed by atoms with Gasteiger partial charge < -0.3 is 14.4 Å². The summed E-state index contributed by atoms with van der Waals surface area (Å²) in [7, 11) is -1.34. The molecule has 0 aliphatic carbocycles. The summed E-state index contributed by atoms with van der Waals surface area (Å²) in [5.41, 5.74) is 9.51. The Hall–Kier alpha value is -3.37. The average Bonchev–Trinajstić information content (AvgIpc) is 3.34. The van der Waals surface area contributed by atoms with Gasteiger partial charge in [-0.1, -0.05) is 93.3 Å². The predicted octanol–water partition coefficient (Wildman–Crippen LogP) is 9.36. The molecule has 3 aromatic heterocycles. The van der Waals surface area contributed by atoms with Gasteiger partial charge in [0.2, 0.25) is 0 Å². The molecule has 0 aliphatic rings. The fraction of sp³-hybridized carbons (Fsp3) is 0.243. The minimum absolute atomic E-state index is 0. The summed E-state index contributed by atoms with van der Waals surface area (Å²) < 4.78 is 6.08. The molecule has 0 bridgehead atoms.